The number of nitrogens with one attached hydrogen (secondary N) is 1. The van der Waals surface area contributed by atoms with Crippen LogP contribution in [-0.4, -0.2) is 35.8 Å². The van der Waals surface area contributed by atoms with E-state index < -0.39 is 0 Å². The summed E-state index contributed by atoms with van der Waals surface area (Å²) in [5, 5.41) is 3.61. The molecule has 0 saturated heterocycles. The van der Waals surface area contributed by atoms with Crippen molar-refractivity contribution in [1.29, 1.82) is 0 Å². The van der Waals surface area contributed by atoms with E-state index in [1.54, 1.807) is 23.1 Å². The van der Waals surface area contributed by atoms with Crippen LogP contribution in [-0.2, 0) is 9.59 Å². The van der Waals surface area contributed by atoms with Crippen LogP contribution < -0.4 is 11.1 Å². The van der Waals surface area contributed by atoms with E-state index in [1.807, 2.05) is 6.92 Å². The van der Waals surface area contributed by atoms with Crippen molar-refractivity contribution in [2.45, 2.75) is 45.1 Å². The lowest BCUT2D eigenvalue weighted by Gasteiger charge is -2.24. The molecule has 0 aromatic heterocycles. The Morgan fingerprint density at radius 2 is 2.08 bits per heavy atom. The second-order valence-corrected chi connectivity index (χ2v) is 7.39. The molecule has 1 aromatic rings. The molecular formula is C18H25Cl2N3O2. The minimum absolute atomic E-state index is 0.00251. The SMILES string of the molecule is CCCN(CC(=O)Nc1cc(Cl)ccc1Cl)C(=O)C[C@@H]1CCC[C@H]1N. The highest BCUT2D eigenvalue weighted by atomic mass is 35.5. The van der Waals surface area contributed by atoms with Gasteiger partial charge in [0.1, 0.15) is 0 Å². The number of nitrogens with two attached hydrogens (primary N) is 1. The van der Waals surface area contributed by atoms with Crippen LogP contribution in [0.25, 0.3) is 0 Å². The van der Waals surface area contributed by atoms with E-state index in [2.05, 4.69) is 5.32 Å². The number of hydrogen-bond donors (Lipinski definition) is 2. The lowest BCUT2D eigenvalue weighted by atomic mass is 9.99. The summed E-state index contributed by atoms with van der Waals surface area (Å²) < 4.78 is 0. The van der Waals surface area contributed by atoms with Gasteiger partial charge in [-0.2, -0.15) is 0 Å². The van der Waals surface area contributed by atoms with Crippen molar-refractivity contribution in [3.63, 3.8) is 0 Å². The standard InChI is InChI=1S/C18H25Cl2N3O2/c1-2-8-23(18(25)9-12-4-3-5-15(12)21)11-17(24)22-16-10-13(19)6-7-14(16)20/h6-7,10,12,15H,2-5,8-9,11,21H2,1H3,(H,22,24)/t12-,15+/m0/s1. The molecule has 5 nitrogen and oxygen atoms in total. The smallest absolute Gasteiger partial charge is 0.244 e. The third-order valence-corrected chi connectivity index (χ3v) is 5.10. The number of carbonyl (C=O) groups is 2. The number of nitrogens with zero attached hydrogens (tertiary/aromatic N) is 1. The fourth-order valence-electron chi connectivity index (χ4n) is 3.19. The Morgan fingerprint density at radius 1 is 1.32 bits per heavy atom. The van der Waals surface area contributed by atoms with Crippen molar-refractivity contribution < 1.29 is 9.59 Å². The lowest BCUT2D eigenvalue weighted by Crippen LogP contribution is -2.40. The lowest BCUT2D eigenvalue weighted by molar-refractivity contribution is -0.135. The van der Waals surface area contributed by atoms with Crippen LogP contribution in [0.1, 0.15) is 39.0 Å². The van der Waals surface area contributed by atoms with Gasteiger partial charge in [-0.3, -0.25) is 9.59 Å². The molecule has 2 amide bonds. The number of hydrogen-bond acceptors (Lipinski definition) is 3. The van der Waals surface area contributed by atoms with Crippen LogP contribution in [0, 0.1) is 5.92 Å². The van der Waals surface area contributed by atoms with Crippen LogP contribution in [0.4, 0.5) is 5.69 Å². The Hall–Kier alpha value is -1.30. The van der Waals surface area contributed by atoms with Gasteiger partial charge in [-0.05, 0) is 43.4 Å². The molecule has 0 heterocycles. The number of amides is 2. The molecule has 2 rings (SSSR count). The number of rotatable bonds is 7. The summed E-state index contributed by atoms with van der Waals surface area (Å²) in [7, 11) is 0. The normalized spacial score (nSPS) is 19.7. The summed E-state index contributed by atoms with van der Waals surface area (Å²) in [4.78, 5) is 26.5. The predicted octanol–water partition coefficient (Wildman–Crippen LogP) is 3.69. The van der Waals surface area contributed by atoms with Crippen molar-refractivity contribution in [1.82, 2.24) is 4.90 Å². The zero-order valence-electron chi connectivity index (χ0n) is 14.4. The molecule has 1 fully saturated rings. The van der Waals surface area contributed by atoms with E-state index in [0.29, 0.717) is 28.7 Å². The van der Waals surface area contributed by atoms with Gasteiger partial charge in [0.05, 0.1) is 17.3 Å². The van der Waals surface area contributed by atoms with E-state index in [0.717, 1.165) is 25.7 Å². The maximum atomic E-state index is 12.6. The largest absolute Gasteiger partial charge is 0.333 e. The first-order chi connectivity index (χ1) is 11.9. The van der Waals surface area contributed by atoms with Gasteiger partial charge in [0.25, 0.3) is 0 Å². The first-order valence-corrected chi connectivity index (χ1v) is 9.44. The Bertz CT molecular complexity index is 624. The minimum Gasteiger partial charge on any atom is -0.333 e. The van der Waals surface area contributed by atoms with Gasteiger partial charge >= 0.3 is 0 Å². The summed E-state index contributed by atoms with van der Waals surface area (Å²) in [6, 6.07) is 4.95. The van der Waals surface area contributed by atoms with E-state index in [4.69, 9.17) is 28.9 Å². The van der Waals surface area contributed by atoms with Crippen LogP contribution in [0.5, 0.6) is 0 Å². The Labute approximate surface area is 158 Å². The highest BCUT2D eigenvalue weighted by molar-refractivity contribution is 6.35. The Kier molecular flexibility index (Phi) is 7.54. The molecule has 1 aliphatic carbocycles. The Morgan fingerprint density at radius 3 is 2.72 bits per heavy atom. The first-order valence-electron chi connectivity index (χ1n) is 8.69. The maximum absolute atomic E-state index is 12.6. The van der Waals surface area contributed by atoms with Gasteiger partial charge < -0.3 is 16.0 Å². The monoisotopic (exact) mass is 385 g/mol. The molecule has 1 aromatic carbocycles. The molecule has 0 unspecified atom stereocenters. The van der Waals surface area contributed by atoms with Crippen LogP contribution in [0.15, 0.2) is 18.2 Å². The van der Waals surface area contributed by atoms with Crippen molar-refractivity contribution in [3.05, 3.63) is 28.2 Å². The van der Waals surface area contributed by atoms with Crippen molar-refractivity contribution in [2.24, 2.45) is 11.7 Å². The van der Waals surface area contributed by atoms with Gasteiger partial charge in [-0.1, -0.05) is 36.5 Å². The molecule has 0 spiro atoms. The third kappa shape index (κ3) is 5.87. The fourth-order valence-corrected chi connectivity index (χ4v) is 3.53. The summed E-state index contributed by atoms with van der Waals surface area (Å²) in [6.07, 6.45) is 4.22. The predicted molar refractivity (Wildman–Crippen MR) is 102 cm³/mol. The number of halogens is 2. The van der Waals surface area contributed by atoms with Gasteiger partial charge in [-0.15, -0.1) is 0 Å². The number of benzene rings is 1. The highest BCUT2D eigenvalue weighted by Crippen LogP contribution is 2.28. The molecule has 0 aliphatic heterocycles. The second-order valence-electron chi connectivity index (χ2n) is 6.55. The quantitative estimate of drug-likeness (QED) is 0.751. The molecule has 25 heavy (non-hydrogen) atoms. The highest BCUT2D eigenvalue weighted by Gasteiger charge is 2.28. The van der Waals surface area contributed by atoms with Gasteiger partial charge in [0.2, 0.25) is 11.8 Å². The fraction of sp³-hybridized carbons (Fsp3) is 0.556. The molecule has 1 saturated carbocycles. The van der Waals surface area contributed by atoms with Gasteiger partial charge in [-0.25, -0.2) is 0 Å². The van der Waals surface area contributed by atoms with Gasteiger partial charge in [0.15, 0.2) is 0 Å². The number of carbonyl (C=O) groups excluding carboxylic acids is 2. The summed E-state index contributed by atoms with van der Waals surface area (Å²) in [6.45, 7) is 2.52. The molecular weight excluding hydrogens is 361 g/mol. The molecule has 1 aliphatic rings. The van der Waals surface area contributed by atoms with Crippen LogP contribution in [0.2, 0.25) is 10.0 Å². The zero-order valence-corrected chi connectivity index (χ0v) is 15.9. The van der Waals surface area contributed by atoms with Gasteiger partial charge in [0, 0.05) is 24.0 Å². The summed E-state index contributed by atoms with van der Waals surface area (Å²) in [5.41, 5.74) is 6.50. The van der Waals surface area contributed by atoms with E-state index in [1.165, 1.54) is 0 Å². The summed E-state index contributed by atoms with van der Waals surface area (Å²) >= 11 is 12.0. The maximum Gasteiger partial charge on any atom is 0.244 e. The third-order valence-electron chi connectivity index (χ3n) is 4.54. The van der Waals surface area contributed by atoms with Crippen LogP contribution >= 0.6 is 23.2 Å². The van der Waals surface area contributed by atoms with E-state index in [-0.39, 0.29) is 30.3 Å². The molecule has 138 valence electrons. The van der Waals surface area contributed by atoms with Crippen molar-refractivity contribution >= 4 is 40.7 Å². The minimum atomic E-state index is -0.290. The first kappa shape index (κ1) is 20.0. The van der Waals surface area contributed by atoms with E-state index in [9.17, 15) is 9.59 Å². The molecule has 0 radical (unpaired) electrons. The van der Waals surface area contributed by atoms with Crippen LogP contribution in [0.3, 0.4) is 0 Å². The average Bonchev–Trinajstić information content (AvgIpc) is 2.95. The van der Waals surface area contributed by atoms with Crippen molar-refractivity contribution in [2.75, 3.05) is 18.4 Å². The number of anilines is 1. The molecule has 2 atom stereocenters. The average molecular weight is 386 g/mol. The topological polar surface area (TPSA) is 75.4 Å². The zero-order chi connectivity index (χ0) is 18.4. The Balaban J connectivity index is 1.96. The molecule has 7 heteroatoms. The van der Waals surface area contributed by atoms with Crippen molar-refractivity contribution in [3.8, 4) is 0 Å². The second kappa shape index (κ2) is 9.41. The summed E-state index contributed by atoms with van der Waals surface area (Å²) in [5.74, 6) is -0.0875. The molecule has 0 bridgehead atoms. The molecule has 3 N–H and O–H groups in total. The van der Waals surface area contributed by atoms with E-state index >= 15 is 0 Å².